The molecule has 5 fully saturated rings. The number of amides is 2. The van der Waals surface area contributed by atoms with Crippen molar-refractivity contribution in [2.75, 3.05) is 13.1 Å². The van der Waals surface area contributed by atoms with Crippen LogP contribution >= 0.6 is 0 Å². The van der Waals surface area contributed by atoms with Gasteiger partial charge in [-0.1, -0.05) is 30.3 Å². The third kappa shape index (κ3) is 3.39. The SMILES string of the molecule is O=C(NCC12CC3CC(CC(C3)C1)C2)[C@@H]1CC(=O)N(Cc2ccccc2)C1. The van der Waals surface area contributed by atoms with E-state index in [-0.39, 0.29) is 17.7 Å². The maximum Gasteiger partial charge on any atom is 0.225 e. The Labute approximate surface area is 161 Å². The predicted octanol–water partition coefficient (Wildman–Crippen LogP) is 3.37. The van der Waals surface area contributed by atoms with Gasteiger partial charge in [0.25, 0.3) is 0 Å². The fourth-order valence-corrected chi connectivity index (χ4v) is 6.83. The molecule has 0 spiro atoms. The van der Waals surface area contributed by atoms with Crippen molar-refractivity contribution in [2.24, 2.45) is 29.1 Å². The molecule has 1 saturated heterocycles. The van der Waals surface area contributed by atoms with Crippen LogP contribution in [0.15, 0.2) is 30.3 Å². The lowest BCUT2D eigenvalue weighted by atomic mass is 9.49. The fourth-order valence-electron chi connectivity index (χ4n) is 6.83. The highest BCUT2D eigenvalue weighted by molar-refractivity contribution is 5.89. The highest BCUT2D eigenvalue weighted by Crippen LogP contribution is 2.59. The summed E-state index contributed by atoms with van der Waals surface area (Å²) in [7, 11) is 0. The molecule has 4 saturated carbocycles. The lowest BCUT2D eigenvalue weighted by molar-refractivity contribution is -0.129. The minimum atomic E-state index is -0.185. The Kier molecular flexibility index (Phi) is 4.25. The van der Waals surface area contributed by atoms with Gasteiger partial charge in [0.05, 0.1) is 5.92 Å². The minimum Gasteiger partial charge on any atom is -0.355 e. The number of hydrogen-bond donors (Lipinski definition) is 1. The van der Waals surface area contributed by atoms with Crippen molar-refractivity contribution in [2.45, 2.75) is 51.5 Å². The summed E-state index contributed by atoms with van der Waals surface area (Å²) in [5.41, 5.74) is 1.48. The fraction of sp³-hybridized carbons (Fsp3) is 0.652. The summed E-state index contributed by atoms with van der Waals surface area (Å²) in [4.78, 5) is 27.0. The molecule has 144 valence electrons. The van der Waals surface area contributed by atoms with Gasteiger partial charge in [0, 0.05) is 26.1 Å². The summed E-state index contributed by atoms with van der Waals surface area (Å²) in [6, 6.07) is 10.0. The van der Waals surface area contributed by atoms with Crippen LogP contribution in [0, 0.1) is 29.1 Å². The first-order chi connectivity index (χ1) is 13.1. The normalized spacial score (nSPS) is 37.0. The molecule has 1 aromatic rings. The molecule has 6 rings (SSSR count). The number of rotatable bonds is 5. The molecular weight excluding hydrogens is 336 g/mol. The van der Waals surface area contributed by atoms with Crippen LogP contribution < -0.4 is 5.32 Å². The van der Waals surface area contributed by atoms with Crippen molar-refractivity contribution in [3.05, 3.63) is 35.9 Å². The van der Waals surface area contributed by atoms with E-state index in [4.69, 9.17) is 0 Å². The lowest BCUT2D eigenvalue weighted by Crippen LogP contribution is -2.51. The molecule has 4 aliphatic carbocycles. The van der Waals surface area contributed by atoms with E-state index in [1.165, 1.54) is 38.5 Å². The summed E-state index contributed by atoms with van der Waals surface area (Å²) < 4.78 is 0. The molecule has 1 heterocycles. The summed E-state index contributed by atoms with van der Waals surface area (Å²) in [6.45, 7) is 2.00. The first kappa shape index (κ1) is 17.3. The van der Waals surface area contributed by atoms with Crippen LogP contribution in [-0.2, 0) is 16.1 Å². The van der Waals surface area contributed by atoms with Crippen molar-refractivity contribution < 1.29 is 9.59 Å². The number of nitrogens with zero attached hydrogens (tertiary/aromatic N) is 1. The van der Waals surface area contributed by atoms with Crippen molar-refractivity contribution in [3.63, 3.8) is 0 Å². The Morgan fingerprint density at radius 3 is 2.30 bits per heavy atom. The van der Waals surface area contributed by atoms with E-state index >= 15 is 0 Å². The average Bonchev–Trinajstić information content (AvgIpc) is 3.00. The maximum atomic E-state index is 12.8. The van der Waals surface area contributed by atoms with Crippen LogP contribution in [0.4, 0.5) is 0 Å². The highest BCUT2D eigenvalue weighted by atomic mass is 16.2. The van der Waals surface area contributed by atoms with Crippen molar-refractivity contribution in [1.82, 2.24) is 10.2 Å². The van der Waals surface area contributed by atoms with Crippen LogP contribution in [0.2, 0.25) is 0 Å². The summed E-state index contributed by atoms with van der Waals surface area (Å²) in [5, 5.41) is 3.27. The van der Waals surface area contributed by atoms with Crippen LogP contribution in [0.3, 0.4) is 0 Å². The van der Waals surface area contributed by atoms with E-state index in [9.17, 15) is 9.59 Å². The molecule has 1 atom stereocenters. The molecular formula is C23H30N2O2. The molecule has 4 nitrogen and oxygen atoms in total. The van der Waals surface area contributed by atoms with Crippen molar-refractivity contribution in [1.29, 1.82) is 0 Å². The van der Waals surface area contributed by atoms with Crippen molar-refractivity contribution in [3.8, 4) is 0 Å². The van der Waals surface area contributed by atoms with Gasteiger partial charge in [0.2, 0.25) is 11.8 Å². The molecule has 4 bridgehead atoms. The Bertz CT molecular complexity index is 694. The van der Waals surface area contributed by atoms with Crippen LogP contribution in [0.25, 0.3) is 0 Å². The van der Waals surface area contributed by atoms with E-state index in [0.717, 1.165) is 29.9 Å². The molecule has 27 heavy (non-hydrogen) atoms. The largest absolute Gasteiger partial charge is 0.355 e. The van der Waals surface area contributed by atoms with Gasteiger partial charge >= 0.3 is 0 Å². The van der Waals surface area contributed by atoms with Crippen LogP contribution in [0.1, 0.15) is 50.5 Å². The zero-order valence-electron chi connectivity index (χ0n) is 16.0. The third-order valence-electron chi connectivity index (χ3n) is 7.60. The number of nitrogens with one attached hydrogen (secondary N) is 1. The third-order valence-corrected chi connectivity index (χ3v) is 7.60. The molecule has 1 aromatic carbocycles. The number of carbonyl (C=O) groups is 2. The molecule has 4 heteroatoms. The van der Waals surface area contributed by atoms with Gasteiger partial charge in [-0.15, -0.1) is 0 Å². The van der Waals surface area contributed by atoms with Crippen LogP contribution in [0.5, 0.6) is 0 Å². The smallest absolute Gasteiger partial charge is 0.225 e. The first-order valence-corrected chi connectivity index (χ1v) is 10.7. The standard InChI is InChI=1S/C23H30N2O2/c26-21-9-20(14-25(21)13-16-4-2-1-3-5-16)22(27)24-15-23-10-17-6-18(11-23)8-19(7-17)12-23/h1-5,17-20H,6-15H2,(H,24,27)/t17?,18?,19?,20-,23?/m1/s1. The molecule has 1 N–H and O–H groups in total. The molecule has 0 aromatic heterocycles. The number of carbonyl (C=O) groups excluding carboxylic acids is 2. The summed E-state index contributed by atoms with van der Waals surface area (Å²) in [5.74, 6) is 2.73. The second-order valence-electron chi connectivity index (χ2n) is 9.80. The Hall–Kier alpha value is -1.84. The maximum absolute atomic E-state index is 12.8. The summed E-state index contributed by atoms with van der Waals surface area (Å²) >= 11 is 0. The van der Waals surface area contributed by atoms with E-state index in [1.54, 1.807) is 0 Å². The van der Waals surface area contributed by atoms with E-state index < -0.39 is 0 Å². The van der Waals surface area contributed by atoms with Gasteiger partial charge in [0.1, 0.15) is 0 Å². The monoisotopic (exact) mass is 366 g/mol. The molecule has 1 aliphatic heterocycles. The Balaban J connectivity index is 1.17. The molecule has 2 amide bonds. The Morgan fingerprint density at radius 1 is 1.04 bits per heavy atom. The predicted molar refractivity (Wildman–Crippen MR) is 104 cm³/mol. The van der Waals surface area contributed by atoms with E-state index in [0.29, 0.717) is 24.9 Å². The average molecular weight is 367 g/mol. The second kappa shape index (κ2) is 6.65. The molecule has 0 unspecified atom stereocenters. The zero-order valence-corrected chi connectivity index (χ0v) is 16.0. The highest BCUT2D eigenvalue weighted by Gasteiger charge is 2.51. The summed E-state index contributed by atoms with van der Waals surface area (Å²) in [6.07, 6.45) is 8.57. The molecule has 0 radical (unpaired) electrons. The Morgan fingerprint density at radius 2 is 1.67 bits per heavy atom. The van der Waals surface area contributed by atoms with E-state index in [1.807, 2.05) is 35.2 Å². The molecule has 5 aliphatic rings. The van der Waals surface area contributed by atoms with Gasteiger partial charge in [-0.2, -0.15) is 0 Å². The number of hydrogen-bond acceptors (Lipinski definition) is 2. The van der Waals surface area contributed by atoms with Gasteiger partial charge in [-0.25, -0.2) is 0 Å². The number of benzene rings is 1. The van der Waals surface area contributed by atoms with Crippen LogP contribution in [-0.4, -0.2) is 29.8 Å². The van der Waals surface area contributed by atoms with Gasteiger partial charge < -0.3 is 10.2 Å². The minimum absolute atomic E-state index is 0.0923. The first-order valence-electron chi connectivity index (χ1n) is 10.7. The van der Waals surface area contributed by atoms with Gasteiger partial charge in [0.15, 0.2) is 0 Å². The number of likely N-dealkylation sites (tertiary alicyclic amines) is 1. The second-order valence-corrected chi connectivity index (χ2v) is 9.80. The van der Waals surface area contributed by atoms with Gasteiger partial charge in [-0.05, 0) is 67.3 Å². The van der Waals surface area contributed by atoms with Gasteiger partial charge in [-0.3, -0.25) is 9.59 Å². The van der Waals surface area contributed by atoms with Crippen molar-refractivity contribution >= 4 is 11.8 Å². The quantitative estimate of drug-likeness (QED) is 0.869. The zero-order chi connectivity index (χ0) is 18.4. The lowest BCUT2D eigenvalue weighted by Gasteiger charge is -2.57. The topological polar surface area (TPSA) is 49.4 Å². The van der Waals surface area contributed by atoms with E-state index in [2.05, 4.69) is 5.32 Å².